The third-order valence-electron chi connectivity index (χ3n) is 10.9. The summed E-state index contributed by atoms with van der Waals surface area (Å²) in [5.41, 5.74) is 0. The van der Waals surface area contributed by atoms with Gasteiger partial charge in [0.25, 0.3) is 0 Å². The lowest BCUT2D eigenvalue weighted by molar-refractivity contribution is -0.167. The highest BCUT2D eigenvalue weighted by molar-refractivity contribution is 5.71. The van der Waals surface area contributed by atoms with Crippen LogP contribution < -0.4 is 0 Å². The van der Waals surface area contributed by atoms with Crippen LogP contribution in [0.2, 0.25) is 0 Å². The number of ether oxygens (including phenoxy) is 3. The van der Waals surface area contributed by atoms with Crippen molar-refractivity contribution in [3.05, 3.63) is 0 Å². The summed E-state index contributed by atoms with van der Waals surface area (Å²) in [6.45, 7) is 6.63. The van der Waals surface area contributed by atoms with Gasteiger partial charge in [-0.15, -0.1) is 0 Å². The molecular formula is C48H92O6. The lowest BCUT2D eigenvalue weighted by Crippen LogP contribution is -2.30. The van der Waals surface area contributed by atoms with Gasteiger partial charge in [-0.05, 0) is 19.3 Å². The van der Waals surface area contributed by atoms with Crippen LogP contribution in [-0.2, 0) is 28.6 Å². The highest BCUT2D eigenvalue weighted by Crippen LogP contribution is 2.16. The van der Waals surface area contributed by atoms with Gasteiger partial charge >= 0.3 is 17.9 Å². The second-order valence-electron chi connectivity index (χ2n) is 16.4. The number of carbonyl (C=O) groups is 3. The fourth-order valence-corrected chi connectivity index (χ4v) is 7.21. The van der Waals surface area contributed by atoms with Gasteiger partial charge in [0, 0.05) is 19.3 Å². The number of unbranched alkanes of at least 4 members (excludes halogenated alkanes) is 33. The van der Waals surface area contributed by atoms with Crippen molar-refractivity contribution in [2.45, 2.75) is 277 Å². The fraction of sp³-hybridized carbons (Fsp3) is 0.938. The first-order chi connectivity index (χ1) is 26.5. The molecule has 0 spiro atoms. The Kier molecular flexibility index (Phi) is 42.8. The molecule has 0 bridgehead atoms. The van der Waals surface area contributed by atoms with Crippen LogP contribution in [0, 0.1) is 0 Å². The van der Waals surface area contributed by atoms with Crippen LogP contribution in [0.3, 0.4) is 0 Å². The third kappa shape index (κ3) is 41.6. The van der Waals surface area contributed by atoms with Crippen molar-refractivity contribution in [2.24, 2.45) is 0 Å². The van der Waals surface area contributed by atoms with Gasteiger partial charge in [-0.1, -0.05) is 233 Å². The van der Waals surface area contributed by atoms with E-state index in [-0.39, 0.29) is 31.1 Å². The van der Waals surface area contributed by atoms with E-state index in [0.29, 0.717) is 19.3 Å². The van der Waals surface area contributed by atoms with E-state index in [1.165, 1.54) is 173 Å². The summed E-state index contributed by atoms with van der Waals surface area (Å²) >= 11 is 0. The van der Waals surface area contributed by atoms with E-state index in [9.17, 15) is 14.4 Å². The number of rotatable bonds is 44. The van der Waals surface area contributed by atoms with E-state index >= 15 is 0 Å². The molecule has 0 radical (unpaired) electrons. The third-order valence-corrected chi connectivity index (χ3v) is 10.9. The Morgan fingerprint density at radius 3 is 0.741 bits per heavy atom. The maximum Gasteiger partial charge on any atom is 0.306 e. The average Bonchev–Trinajstić information content (AvgIpc) is 3.17. The molecule has 0 aromatic carbocycles. The second kappa shape index (κ2) is 44.1. The number of hydrogen-bond acceptors (Lipinski definition) is 6. The summed E-state index contributed by atoms with van der Waals surface area (Å²) < 4.78 is 16.7. The lowest BCUT2D eigenvalue weighted by Gasteiger charge is -2.18. The fourth-order valence-electron chi connectivity index (χ4n) is 7.21. The minimum Gasteiger partial charge on any atom is -0.462 e. The summed E-state index contributed by atoms with van der Waals surface area (Å²) in [6.07, 6.45) is 45.2. The summed E-state index contributed by atoms with van der Waals surface area (Å²) in [5, 5.41) is 0. The minimum atomic E-state index is -0.757. The number of esters is 3. The van der Waals surface area contributed by atoms with Crippen LogP contribution in [0.5, 0.6) is 0 Å². The summed E-state index contributed by atoms with van der Waals surface area (Å²) in [4.78, 5) is 37.6. The van der Waals surface area contributed by atoms with Gasteiger partial charge in [-0.25, -0.2) is 0 Å². The molecule has 0 amide bonds. The molecule has 0 N–H and O–H groups in total. The predicted octanol–water partition coefficient (Wildman–Crippen LogP) is 15.3. The van der Waals surface area contributed by atoms with Crippen LogP contribution in [0.4, 0.5) is 0 Å². The Morgan fingerprint density at radius 2 is 0.500 bits per heavy atom. The molecule has 6 nitrogen and oxygen atoms in total. The quantitative estimate of drug-likeness (QED) is 0.0349. The first-order valence-electron chi connectivity index (χ1n) is 24.0. The Balaban J connectivity index is 4.22. The predicted molar refractivity (Wildman–Crippen MR) is 229 cm³/mol. The minimum absolute atomic E-state index is 0.0628. The van der Waals surface area contributed by atoms with E-state index in [2.05, 4.69) is 20.8 Å². The summed E-state index contributed by atoms with van der Waals surface area (Å²) in [5.74, 6) is -0.854. The Labute approximate surface area is 336 Å². The van der Waals surface area contributed by atoms with E-state index in [1.807, 2.05) is 0 Å². The molecule has 320 valence electrons. The summed E-state index contributed by atoms with van der Waals surface area (Å²) in [6, 6.07) is 0. The molecule has 0 aliphatic rings. The van der Waals surface area contributed by atoms with E-state index in [4.69, 9.17) is 14.2 Å². The molecule has 1 atom stereocenters. The Hall–Kier alpha value is -1.59. The molecule has 0 aliphatic carbocycles. The first-order valence-corrected chi connectivity index (χ1v) is 24.0. The highest BCUT2D eigenvalue weighted by atomic mass is 16.6. The average molecular weight is 765 g/mol. The monoisotopic (exact) mass is 765 g/mol. The zero-order chi connectivity index (χ0) is 39.4. The number of hydrogen-bond donors (Lipinski definition) is 0. The molecule has 0 aromatic heterocycles. The van der Waals surface area contributed by atoms with Gasteiger partial charge in [-0.2, -0.15) is 0 Å². The van der Waals surface area contributed by atoms with Crippen LogP contribution in [-0.4, -0.2) is 37.2 Å². The number of carbonyl (C=O) groups excluding carboxylic acids is 3. The molecule has 0 unspecified atom stereocenters. The molecular weight excluding hydrogens is 673 g/mol. The van der Waals surface area contributed by atoms with Crippen molar-refractivity contribution < 1.29 is 28.6 Å². The van der Waals surface area contributed by atoms with Crippen molar-refractivity contribution in [2.75, 3.05) is 13.2 Å². The van der Waals surface area contributed by atoms with Crippen molar-refractivity contribution >= 4 is 17.9 Å². The largest absolute Gasteiger partial charge is 0.462 e. The standard InChI is InChI=1S/C48H92O6/c1-4-7-10-13-16-18-20-22-23-24-26-27-29-32-35-38-41-47(50)53-44-45(43-52-46(49)40-37-34-31-15-12-9-6-3)54-48(51)42-39-36-33-30-28-25-21-19-17-14-11-8-5-2/h45H,4-44H2,1-3H3/t45-/m0/s1. The highest BCUT2D eigenvalue weighted by Gasteiger charge is 2.19. The SMILES string of the molecule is CCCCCCCCCCCCCCCCCCC(=O)OC[C@H](COC(=O)CCCCCCCCC)OC(=O)CCCCCCCCCCCCCCC. The first kappa shape index (κ1) is 52.4. The van der Waals surface area contributed by atoms with Crippen molar-refractivity contribution in [1.29, 1.82) is 0 Å². The normalized spacial score (nSPS) is 11.8. The van der Waals surface area contributed by atoms with Crippen LogP contribution in [0.1, 0.15) is 271 Å². The second-order valence-corrected chi connectivity index (χ2v) is 16.4. The summed E-state index contributed by atoms with van der Waals surface area (Å²) in [7, 11) is 0. The zero-order valence-electron chi connectivity index (χ0n) is 36.5. The smallest absolute Gasteiger partial charge is 0.306 e. The molecule has 6 heteroatoms. The topological polar surface area (TPSA) is 78.9 Å². The van der Waals surface area contributed by atoms with Gasteiger partial charge < -0.3 is 14.2 Å². The van der Waals surface area contributed by atoms with Gasteiger partial charge in [0.15, 0.2) is 6.10 Å². The van der Waals surface area contributed by atoms with Crippen molar-refractivity contribution in [1.82, 2.24) is 0 Å². The van der Waals surface area contributed by atoms with Crippen molar-refractivity contribution in [3.63, 3.8) is 0 Å². The molecule has 0 saturated heterocycles. The Bertz CT molecular complexity index is 798. The van der Waals surface area contributed by atoms with Gasteiger partial charge in [0.2, 0.25) is 0 Å². The van der Waals surface area contributed by atoms with E-state index in [0.717, 1.165) is 57.8 Å². The Morgan fingerprint density at radius 1 is 0.296 bits per heavy atom. The maximum atomic E-state index is 12.7. The van der Waals surface area contributed by atoms with Crippen LogP contribution >= 0.6 is 0 Å². The van der Waals surface area contributed by atoms with Crippen molar-refractivity contribution in [3.8, 4) is 0 Å². The molecule has 0 fully saturated rings. The zero-order valence-corrected chi connectivity index (χ0v) is 36.5. The van der Waals surface area contributed by atoms with Crippen LogP contribution in [0.25, 0.3) is 0 Å². The maximum absolute atomic E-state index is 12.7. The van der Waals surface area contributed by atoms with Gasteiger partial charge in [-0.3, -0.25) is 14.4 Å². The van der Waals surface area contributed by atoms with Gasteiger partial charge in [0.05, 0.1) is 0 Å². The van der Waals surface area contributed by atoms with Crippen LogP contribution in [0.15, 0.2) is 0 Å². The van der Waals surface area contributed by atoms with Gasteiger partial charge in [0.1, 0.15) is 13.2 Å². The van der Waals surface area contributed by atoms with E-state index in [1.54, 1.807) is 0 Å². The molecule has 0 aromatic rings. The molecule has 0 saturated carbocycles. The molecule has 0 heterocycles. The molecule has 0 aliphatic heterocycles. The molecule has 0 rings (SSSR count). The van der Waals surface area contributed by atoms with E-state index < -0.39 is 6.10 Å². The molecule has 54 heavy (non-hydrogen) atoms. The lowest BCUT2D eigenvalue weighted by atomic mass is 10.0.